The van der Waals surface area contributed by atoms with Gasteiger partial charge in [-0.05, 0) is 25.7 Å². The predicted octanol–water partition coefficient (Wildman–Crippen LogP) is 6.83. The summed E-state index contributed by atoms with van der Waals surface area (Å²) in [5.41, 5.74) is 0. The third kappa shape index (κ3) is 13.6. The number of hydrogen-bond acceptors (Lipinski definition) is 4. The van der Waals surface area contributed by atoms with Crippen molar-refractivity contribution in [3.05, 3.63) is 0 Å². The third-order valence-electron chi connectivity index (χ3n) is 4.18. The summed E-state index contributed by atoms with van der Waals surface area (Å²) in [5.74, 6) is 2.10. The van der Waals surface area contributed by atoms with Crippen molar-refractivity contribution in [3.8, 4) is 0 Å². The van der Waals surface area contributed by atoms with Crippen molar-refractivity contribution in [2.75, 3.05) is 37.7 Å². The molecule has 0 N–H and O–H groups in total. The Morgan fingerprint density at radius 3 is 1.08 bits per heavy atom. The monoisotopic (exact) mass is 436 g/mol. The van der Waals surface area contributed by atoms with Gasteiger partial charge in [0.2, 0.25) is 0 Å². The Hall–Kier alpha value is 0.480. The summed E-state index contributed by atoms with van der Waals surface area (Å²) >= 11 is 15.0. The number of hydrogen-bond donors (Lipinski definition) is 0. The highest BCUT2D eigenvalue weighted by Gasteiger charge is 2.11. The van der Waals surface area contributed by atoms with Crippen LogP contribution >= 0.6 is 48.0 Å². The summed E-state index contributed by atoms with van der Waals surface area (Å²) in [5, 5.41) is 0. The molecule has 0 aromatic heterocycles. The topological polar surface area (TPSA) is 6.48 Å². The van der Waals surface area contributed by atoms with Crippen molar-refractivity contribution >= 4 is 56.6 Å². The molecule has 0 fully saturated rings. The molecule has 0 saturated heterocycles. The molecule has 0 saturated carbocycles. The van der Waals surface area contributed by atoms with Crippen LogP contribution in [-0.4, -0.2) is 56.1 Å². The van der Waals surface area contributed by atoms with Gasteiger partial charge in [0.05, 0.1) is 0 Å². The van der Waals surface area contributed by atoms with Crippen LogP contribution in [0.15, 0.2) is 0 Å². The SMILES string of the molecule is CCCCN(CCCC)C(=S)SCCSC(=S)N(CCCC)CCCC. The van der Waals surface area contributed by atoms with Gasteiger partial charge in [-0.1, -0.05) is 101 Å². The molecule has 0 radical (unpaired) electrons. The van der Waals surface area contributed by atoms with Crippen LogP contribution in [0.5, 0.6) is 0 Å². The largest absolute Gasteiger partial charge is 0.358 e. The molecule has 0 aliphatic carbocycles. The maximum absolute atomic E-state index is 5.68. The molecule has 0 aromatic rings. The first-order chi connectivity index (χ1) is 12.6. The highest BCUT2D eigenvalue weighted by molar-refractivity contribution is 8.25. The Morgan fingerprint density at radius 1 is 0.577 bits per heavy atom. The van der Waals surface area contributed by atoms with Crippen LogP contribution in [0.3, 0.4) is 0 Å². The van der Waals surface area contributed by atoms with E-state index in [4.69, 9.17) is 24.4 Å². The normalized spacial score (nSPS) is 10.8. The molecular weight excluding hydrogens is 397 g/mol. The Labute approximate surface area is 182 Å². The number of thiocarbonyl (C=S) groups is 2. The molecule has 0 aromatic carbocycles. The van der Waals surface area contributed by atoms with Crippen LogP contribution in [0, 0.1) is 0 Å². The lowest BCUT2D eigenvalue weighted by Crippen LogP contribution is -2.30. The second kappa shape index (κ2) is 18.8. The van der Waals surface area contributed by atoms with Crippen molar-refractivity contribution in [2.45, 2.75) is 79.1 Å². The summed E-state index contributed by atoms with van der Waals surface area (Å²) in [4.78, 5) is 4.82. The van der Waals surface area contributed by atoms with Gasteiger partial charge in [-0.2, -0.15) is 0 Å². The Kier molecular flexibility index (Phi) is 19.2. The molecule has 2 nitrogen and oxygen atoms in total. The summed E-state index contributed by atoms with van der Waals surface area (Å²) in [7, 11) is 0. The quantitative estimate of drug-likeness (QED) is 0.204. The van der Waals surface area contributed by atoms with Gasteiger partial charge in [0.1, 0.15) is 8.64 Å². The smallest absolute Gasteiger partial charge is 0.136 e. The molecule has 154 valence electrons. The Bertz CT molecular complexity index is 314. The second-order valence-corrected chi connectivity index (χ2v) is 10.1. The molecule has 0 aliphatic heterocycles. The van der Waals surface area contributed by atoms with Gasteiger partial charge in [0, 0.05) is 37.7 Å². The lowest BCUT2D eigenvalue weighted by Gasteiger charge is -2.25. The molecule has 0 aliphatic rings. The number of thioether (sulfide) groups is 2. The van der Waals surface area contributed by atoms with Gasteiger partial charge in [-0.15, -0.1) is 0 Å². The van der Waals surface area contributed by atoms with E-state index in [-0.39, 0.29) is 0 Å². The van der Waals surface area contributed by atoms with Crippen LogP contribution < -0.4 is 0 Å². The fraction of sp³-hybridized carbons (Fsp3) is 0.900. The first kappa shape index (κ1) is 26.5. The zero-order chi connectivity index (χ0) is 19.6. The van der Waals surface area contributed by atoms with Gasteiger partial charge >= 0.3 is 0 Å². The average molecular weight is 437 g/mol. The van der Waals surface area contributed by atoms with E-state index in [1.165, 1.54) is 51.4 Å². The van der Waals surface area contributed by atoms with E-state index in [2.05, 4.69) is 37.5 Å². The van der Waals surface area contributed by atoms with Gasteiger partial charge in [0.15, 0.2) is 0 Å². The standard InChI is InChI=1S/C20H40N2S4/c1-5-9-13-21(14-10-6-2)19(23)25-17-18-26-20(24)22(15-11-7-3)16-12-8-4/h5-18H2,1-4H3. The van der Waals surface area contributed by atoms with Crippen LogP contribution in [0.2, 0.25) is 0 Å². The van der Waals surface area contributed by atoms with Gasteiger partial charge in [0.25, 0.3) is 0 Å². The van der Waals surface area contributed by atoms with Crippen LogP contribution in [0.4, 0.5) is 0 Å². The minimum Gasteiger partial charge on any atom is -0.358 e. The van der Waals surface area contributed by atoms with E-state index in [0.717, 1.165) is 46.3 Å². The molecule has 0 rings (SSSR count). The van der Waals surface area contributed by atoms with Crippen molar-refractivity contribution in [1.82, 2.24) is 9.80 Å². The van der Waals surface area contributed by atoms with Gasteiger partial charge < -0.3 is 9.80 Å². The first-order valence-corrected chi connectivity index (χ1v) is 13.2. The van der Waals surface area contributed by atoms with Crippen molar-refractivity contribution in [2.24, 2.45) is 0 Å². The third-order valence-corrected chi connectivity index (χ3v) is 7.49. The van der Waals surface area contributed by atoms with Crippen molar-refractivity contribution in [1.29, 1.82) is 0 Å². The van der Waals surface area contributed by atoms with E-state index < -0.39 is 0 Å². The van der Waals surface area contributed by atoms with Crippen molar-refractivity contribution in [3.63, 3.8) is 0 Å². The zero-order valence-electron chi connectivity index (χ0n) is 17.4. The van der Waals surface area contributed by atoms with Crippen molar-refractivity contribution < 1.29 is 0 Å². The van der Waals surface area contributed by atoms with E-state index in [0.29, 0.717) is 0 Å². The summed E-state index contributed by atoms with van der Waals surface area (Å²) in [6.07, 6.45) is 9.83. The maximum atomic E-state index is 5.68. The van der Waals surface area contributed by atoms with E-state index in [1.54, 1.807) is 0 Å². The minimum atomic E-state index is 1.05. The highest BCUT2D eigenvalue weighted by atomic mass is 32.2. The van der Waals surface area contributed by atoms with Crippen LogP contribution in [0.25, 0.3) is 0 Å². The average Bonchev–Trinajstić information content (AvgIpc) is 2.65. The second-order valence-electron chi connectivity index (χ2n) is 6.62. The lowest BCUT2D eigenvalue weighted by molar-refractivity contribution is 0.410. The van der Waals surface area contributed by atoms with Crippen LogP contribution in [0.1, 0.15) is 79.1 Å². The molecule has 0 unspecified atom stereocenters. The molecule has 26 heavy (non-hydrogen) atoms. The predicted molar refractivity (Wildman–Crippen MR) is 133 cm³/mol. The molecule has 0 atom stereocenters. The molecule has 0 heterocycles. The van der Waals surface area contributed by atoms with E-state index in [9.17, 15) is 0 Å². The molecule has 0 bridgehead atoms. The van der Waals surface area contributed by atoms with E-state index in [1.807, 2.05) is 23.5 Å². The molecule has 0 spiro atoms. The van der Waals surface area contributed by atoms with E-state index >= 15 is 0 Å². The lowest BCUT2D eigenvalue weighted by atomic mass is 10.3. The minimum absolute atomic E-state index is 1.05. The molecule has 0 amide bonds. The summed E-state index contributed by atoms with van der Waals surface area (Å²) < 4.78 is 2.15. The number of rotatable bonds is 15. The summed E-state index contributed by atoms with van der Waals surface area (Å²) in [6, 6.07) is 0. The molecular formula is C20H40N2S4. The fourth-order valence-corrected chi connectivity index (χ4v) is 5.04. The zero-order valence-corrected chi connectivity index (χ0v) is 20.7. The number of unbranched alkanes of at least 4 members (excludes halogenated alkanes) is 4. The Balaban J connectivity index is 4.20. The highest BCUT2D eigenvalue weighted by Crippen LogP contribution is 2.17. The Morgan fingerprint density at radius 2 is 0.846 bits per heavy atom. The maximum Gasteiger partial charge on any atom is 0.136 e. The van der Waals surface area contributed by atoms with Gasteiger partial charge in [-0.25, -0.2) is 0 Å². The van der Waals surface area contributed by atoms with Gasteiger partial charge in [-0.3, -0.25) is 0 Å². The fourth-order valence-electron chi connectivity index (χ4n) is 2.43. The van der Waals surface area contributed by atoms with Crippen LogP contribution in [-0.2, 0) is 0 Å². The first-order valence-electron chi connectivity index (χ1n) is 10.4. The number of nitrogens with zero attached hydrogens (tertiary/aromatic N) is 2. The molecule has 6 heteroatoms. The summed E-state index contributed by atoms with van der Waals surface area (Å²) in [6.45, 7) is 13.4.